The van der Waals surface area contributed by atoms with Crippen molar-refractivity contribution in [1.29, 1.82) is 0 Å². The van der Waals surface area contributed by atoms with Crippen molar-refractivity contribution in [2.45, 2.75) is 30.7 Å². The van der Waals surface area contributed by atoms with Gasteiger partial charge in [0.15, 0.2) is 6.29 Å². The molecule has 0 aliphatic carbocycles. The Kier molecular flexibility index (Phi) is 4.47. The van der Waals surface area contributed by atoms with E-state index in [2.05, 4.69) is 5.92 Å². The molecule has 5 atom stereocenters. The zero-order valence-electron chi connectivity index (χ0n) is 7.98. The molecule has 86 valence electrons. The summed E-state index contributed by atoms with van der Waals surface area (Å²) in [5, 5.41) is 37.0. The molecule has 1 aliphatic rings. The number of hydrogen-bond donors (Lipinski definition) is 4. The van der Waals surface area contributed by atoms with Crippen molar-refractivity contribution in [3.63, 3.8) is 0 Å². The predicted molar refractivity (Wildman–Crippen MR) is 48.6 cm³/mol. The van der Waals surface area contributed by atoms with E-state index in [1.54, 1.807) is 0 Å². The van der Waals surface area contributed by atoms with Crippen molar-refractivity contribution in [3.8, 4) is 12.3 Å². The molecule has 0 saturated carbocycles. The van der Waals surface area contributed by atoms with Crippen LogP contribution < -0.4 is 0 Å². The topological polar surface area (TPSA) is 99.4 Å². The van der Waals surface area contributed by atoms with Crippen LogP contribution >= 0.6 is 0 Å². The average Bonchev–Trinajstić information content (AvgIpc) is 2.25. The molecule has 0 bridgehead atoms. The molecule has 15 heavy (non-hydrogen) atoms. The highest BCUT2D eigenvalue weighted by Gasteiger charge is 2.43. The van der Waals surface area contributed by atoms with Gasteiger partial charge in [-0.1, -0.05) is 5.92 Å². The van der Waals surface area contributed by atoms with Gasteiger partial charge in [0, 0.05) is 0 Å². The summed E-state index contributed by atoms with van der Waals surface area (Å²) in [5.41, 5.74) is 0. The molecule has 0 spiro atoms. The minimum atomic E-state index is -1.43. The van der Waals surface area contributed by atoms with Crippen LogP contribution in [0.3, 0.4) is 0 Å². The normalized spacial score (nSPS) is 41.1. The van der Waals surface area contributed by atoms with Gasteiger partial charge in [-0.3, -0.25) is 0 Å². The van der Waals surface area contributed by atoms with Crippen molar-refractivity contribution in [3.05, 3.63) is 0 Å². The second kappa shape index (κ2) is 5.42. The molecule has 0 aromatic rings. The van der Waals surface area contributed by atoms with E-state index in [1.165, 1.54) is 0 Å². The van der Waals surface area contributed by atoms with Crippen LogP contribution in [0.1, 0.15) is 0 Å². The van der Waals surface area contributed by atoms with Crippen molar-refractivity contribution in [2.75, 3.05) is 13.2 Å². The minimum Gasteiger partial charge on any atom is -0.394 e. The summed E-state index contributed by atoms with van der Waals surface area (Å²) in [6.45, 7) is -0.580. The molecule has 0 aromatic carbocycles. The molecular weight excluding hydrogens is 204 g/mol. The van der Waals surface area contributed by atoms with Gasteiger partial charge in [0.25, 0.3) is 0 Å². The second-order valence-corrected chi connectivity index (χ2v) is 3.21. The van der Waals surface area contributed by atoms with Crippen LogP contribution in [0.4, 0.5) is 0 Å². The average molecular weight is 218 g/mol. The van der Waals surface area contributed by atoms with Gasteiger partial charge in [-0.2, -0.15) is 0 Å². The number of aliphatic hydroxyl groups is 4. The highest BCUT2D eigenvalue weighted by molar-refractivity contribution is 4.90. The Labute approximate surface area is 87.1 Å². The Balaban J connectivity index is 2.62. The Morgan fingerprint density at radius 1 is 1.20 bits per heavy atom. The first-order valence-corrected chi connectivity index (χ1v) is 4.47. The Bertz CT molecular complexity index is 235. The monoisotopic (exact) mass is 218 g/mol. The Hall–Kier alpha value is -0.680. The summed E-state index contributed by atoms with van der Waals surface area (Å²) in [7, 11) is 0. The molecule has 1 aliphatic heterocycles. The Morgan fingerprint density at radius 2 is 1.87 bits per heavy atom. The first kappa shape index (κ1) is 12.4. The first-order chi connectivity index (χ1) is 7.11. The SMILES string of the molecule is C#CCOC1O[C@H](CO)[C@@H](O)[C@H](O)[C@@H]1O. The fourth-order valence-corrected chi connectivity index (χ4v) is 1.34. The molecule has 6 nitrogen and oxygen atoms in total. The van der Waals surface area contributed by atoms with Crippen LogP contribution in [0.25, 0.3) is 0 Å². The quantitative estimate of drug-likeness (QED) is 0.389. The zero-order valence-corrected chi connectivity index (χ0v) is 7.98. The third-order valence-corrected chi connectivity index (χ3v) is 2.18. The zero-order chi connectivity index (χ0) is 11.4. The van der Waals surface area contributed by atoms with Crippen molar-refractivity contribution >= 4 is 0 Å². The van der Waals surface area contributed by atoms with E-state index in [9.17, 15) is 15.3 Å². The molecule has 0 radical (unpaired) electrons. The third-order valence-electron chi connectivity index (χ3n) is 2.18. The van der Waals surface area contributed by atoms with E-state index in [0.717, 1.165) is 0 Å². The third kappa shape index (κ3) is 2.66. The first-order valence-electron chi connectivity index (χ1n) is 4.47. The van der Waals surface area contributed by atoms with Gasteiger partial charge < -0.3 is 29.9 Å². The van der Waals surface area contributed by atoms with E-state index in [-0.39, 0.29) is 6.61 Å². The van der Waals surface area contributed by atoms with Crippen LogP contribution in [0.5, 0.6) is 0 Å². The number of aliphatic hydroxyl groups excluding tert-OH is 4. The lowest BCUT2D eigenvalue weighted by molar-refractivity contribution is -0.298. The molecular formula is C9H14O6. The maximum atomic E-state index is 9.44. The van der Waals surface area contributed by atoms with Gasteiger partial charge in [0.05, 0.1) is 6.61 Å². The summed E-state index contributed by atoms with van der Waals surface area (Å²) in [5.74, 6) is 2.17. The number of rotatable bonds is 3. The molecule has 0 amide bonds. The van der Waals surface area contributed by atoms with Gasteiger partial charge in [-0.25, -0.2) is 0 Å². The smallest absolute Gasteiger partial charge is 0.187 e. The van der Waals surface area contributed by atoms with Gasteiger partial charge >= 0.3 is 0 Å². The van der Waals surface area contributed by atoms with Gasteiger partial charge in [0.1, 0.15) is 31.0 Å². The summed E-state index contributed by atoms with van der Waals surface area (Å²) in [6, 6.07) is 0. The van der Waals surface area contributed by atoms with E-state index < -0.39 is 37.3 Å². The summed E-state index contributed by atoms with van der Waals surface area (Å²) >= 11 is 0. The molecule has 1 fully saturated rings. The fraction of sp³-hybridized carbons (Fsp3) is 0.778. The molecule has 1 unspecified atom stereocenters. The molecule has 1 heterocycles. The van der Waals surface area contributed by atoms with E-state index in [0.29, 0.717) is 0 Å². The van der Waals surface area contributed by atoms with Gasteiger partial charge in [0.2, 0.25) is 0 Å². The summed E-state index contributed by atoms with van der Waals surface area (Å²) in [4.78, 5) is 0. The van der Waals surface area contributed by atoms with Gasteiger partial charge in [-0.15, -0.1) is 6.42 Å². The number of terminal acetylenes is 1. The maximum Gasteiger partial charge on any atom is 0.187 e. The largest absolute Gasteiger partial charge is 0.394 e. The number of ether oxygens (including phenoxy) is 2. The van der Waals surface area contributed by atoms with Crippen LogP contribution in [0, 0.1) is 12.3 Å². The van der Waals surface area contributed by atoms with E-state index in [1.807, 2.05) is 0 Å². The van der Waals surface area contributed by atoms with Crippen LogP contribution in [-0.2, 0) is 9.47 Å². The van der Waals surface area contributed by atoms with Crippen molar-refractivity contribution < 1.29 is 29.9 Å². The molecule has 6 heteroatoms. The van der Waals surface area contributed by atoms with Crippen LogP contribution in [-0.4, -0.2) is 64.3 Å². The fourth-order valence-electron chi connectivity index (χ4n) is 1.34. The lowest BCUT2D eigenvalue weighted by atomic mass is 9.99. The standard InChI is InChI=1S/C9H14O6/c1-2-3-14-9-8(13)7(12)6(11)5(4-10)15-9/h1,5-13H,3-4H2/t5-,6-,7+,8+,9?/m1/s1. The van der Waals surface area contributed by atoms with Crippen LogP contribution in [0.2, 0.25) is 0 Å². The molecule has 1 saturated heterocycles. The van der Waals surface area contributed by atoms with Crippen molar-refractivity contribution in [1.82, 2.24) is 0 Å². The maximum absolute atomic E-state index is 9.44. The van der Waals surface area contributed by atoms with Crippen molar-refractivity contribution in [2.24, 2.45) is 0 Å². The molecule has 1 rings (SSSR count). The molecule has 4 N–H and O–H groups in total. The Morgan fingerprint density at radius 3 is 2.40 bits per heavy atom. The lowest BCUT2D eigenvalue weighted by Gasteiger charge is -2.39. The predicted octanol–water partition coefficient (Wildman–Crippen LogP) is -2.56. The minimum absolute atomic E-state index is 0.0946. The lowest BCUT2D eigenvalue weighted by Crippen LogP contribution is -2.59. The van der Waals surface area contributed by atoms with Crippen LogP contribution in [0.15, 0.2) is 0 Å². The van der Waals surface area contributed by atoms with E-state index >= 15 is 0 Å². The van der Waals surface area contributed by atoms with Gasteiger partial charge in [-0.05, 0) is 0 Å². The summed E-state index contributed by atoms with van der Waals surface area (Å²) in [6.07, 6.45) is -1.36. The molecule has 0 aromatic heterocycles. The number of hydrogen-bond acceptors (Lipinski definition) is 6. The highest BCUT2D eigenvalue weighted by atomic mass is 16.7. The highest BCUT2D eigenvalue weighted by Crippen LogP contribution is 2.21. The second-order valence-electron chi connectivity index (χ2n) is 3.21. The van der Waals surface area contributed by atoms with E-state index in [4.69, 9.17) is 21.0 Å². The summed E-state index contributed by atoms with van der Waals surface area (Å²) < 4.78 is 9.91.